The Morgan fingerprint density at radius 1 is 1.03 bits per heavy atom. The van der Waals surface area contributed by atoms with Gasteiger partial charge >= 0.3 is 17.6 Å². The molecule has 1 aliphatic rings. The SMILES string of the molecule is CCOc1cc(C2C(C(=O)OC)=CN(Cc3ccc(OC)cc3)C=C2C(=O)OC)cc([N+](=O)[O-])c1O. The van der Waals surface area contributed by atoms with Gasteiger partial charge in [0.25, 0.3) is 0 Å². The second-order valence-corrected chi connectivity index (χ2v) is 7.68. The molecule has 36 heavy (non-hydrogen) atoms. The molecule has 0 saturated carbocycles. The second-order valence-electron chi connectivity index (χ2n) is 7.68. The zero-order chi connectivity index (χ0) is 26.4. The summed E-state index contributed by atoms with van der Waals surface area (Å²) in [6.45, 7) is 2.06. The van der Waals surface area contributed by atoms with Crippen molar-refractivity contribution in [1.82, 2.24) is 4.90 Å². The zero-order valence-electron chi connectivity index (χ0n) is 20.2. The van der Waals surface area contributed by atoms with Crippen LogP contribution in [0.15, 0.2) is 59.9 Å². The van der Waals surface area contributed by atoms with Crippen LogP contribution in [-0.4, -0.2) is 54.8 Å². The number of carbonyl (C=O) groups excluding carboxylic acids is 2. The third-order valence-electron chi connectivity index (χ3n) is 5.51. The highest BCUT2D eigenvalue weighted by atomic mass is 16.6. The van der Waals surface area contributed by atoms with Crippen LogP contribution in [0.5, 0.6) is 17.2 Å². The Hall–Kier alpha value is -4.54. The number of nitro benzene ring substituents is 1. The van der Waals surface area contributed by atoms with Crippen molar-refractivity contribution in [2.45, 2.75) is 19.4 Å². The molecule has 11 nitrogen and oxygen atoms in total. The first kappa shape index (κ1) is 26.1. The molecule has 0 spiro atoms. The summed E-state index contributed by atoms with van der Waals surface area (Å²) >= 11 is 0. The first-order chi connectivity index (χ1) is 17.2. The maximum absolute atomic E-state index is 12.9. The predicted octanol–water partition coefficient (Wildman–Crippen LogP) is 3.42. The average molecular weight is 498 g/mol. The van der Waals surface area contributed by atoms with Crippen molar-refractivity contribution in [2.75, 3.05) is 27.9 Å². The van der Waals surface area contributed by atoms with Crippen LogP contribution in [0.4, 0.5) is 5.69 Å². The molecule has 2 aromatic rings. The number of phenols is 1. The number of phenolic OH excluding ortho intramolecular Hbond substituents is 1. The van der Waals surface area contributed by atoms with Gasteiger partial charge in [0.15, 0.2) is 5.75 Å². The molecular formula is C25H26N2O9. The Balaban J connectivity index is 2.16. The number of esters is 2. The predicted molar refractivity (Wildman–Crippen MR) is 127 cm³/mol. The van der Waals surface area contributed by atoms with Crippen molar-refractivity contribution < 1.29 is 38.6 Å². The smallest absolute Gasteiger partial charge is 0.336 e. The van der Waals surface area contributed by atoms with E-state index in [2.05, 4.69) is 0 Å². The summed E-state index contributed by atoms with van der Waals surface area (Å²) in [5, 5.41) is 21.9. The molecule has 190 valence electrons. The molecule has 0 saturated heterocycles. The quantitative estimate of drug-likeness (QED) is 0.311. The number of carbonyl (C=O) groups is 2. The third-order valence-corrected chi connectivity index (χ3v) is 5.51. The normalized spacial score (nSPS) is 13.4. The fourth-order valence-electron chi connectivity index (χ4n) is 3.87. The van der Waals surface area contributed by atoms with Crippen LogP contribution in [0.3, 0.4) is 0 Å². The number of hydrogen-bond donors (Lipinski definition) is 1. The van der Waals surface area contributed by atoms with E-state index >= 15 is 0 Å². The average Bonchev–Trinajstić information content (AvgIpc) is 2.88. The van der Waals surface area contributed by atoms with E-state index in [1.165, 1.54) is 32.7 Å². The molecular weight excluding hydrogens is 472 g/mol. The van der Waals surface area contributed by atoms with Gasteiger partial charge in [-0.15, -0.1) is 0 Å². The highest BCUT2D eigenvalue weighted by molar-refractivity contribution is 5.98. The summed E-state index contributed by atoms with van der Waals surface area (Å²) in [4.78, 5) is 38.2. The summed E-state index contributed by atoms with van der Waals surface area (Å²) in [7, 11) is 3.94. The molecule has 0 amide bonds. The largest absolute Gasteiger partial charge is 0.500 e. The van der Waals surface area contributed by atoms with E-state index in [0.29, 0.717) is 5.75 Å². The summed E-state index contributed by atoms with van der Waals surface area (Å²) in [6, 6.07) is 9.67. The Labute approximate surface area is 207 Å². The van der Waals surface area contributed by atoms with Crippen LogP contribution in [0.25, 0.3) is 0 Å². The fraction of sp³-hybridized carbons (Fsp3) is 0.280. The Kier molecular flexibility index (Phi) is 8.15. The van der Waals surface area contributed by atoms with Crippen LogP contribution in [0.1, 0.15) is 24.0 Å². The van der Waals surface area contributed by atoms with Gasteiger partial charge in [0.2, 0.25) is 5.75 Å². The van der Waals surface area contributed by atoms with Crippen LogP contribution >= 0.6 is 0 Å². The molecule has 0 atom stereocenters. The van der Waals surface area contributed by atoms with Crippen molar-refractivity contribution in [3.63, 3.8) is 0 Å². The van der Waals surface area contributed by atoms with Crippen molar-refractivity contribution in [2.24, 2.45) is 0 Å². The monoisotopic (exact) mass is 498 g/mol. The molecule has 0 unspecified atom stereocenters. The zero-order valence-corrected chi connectivity index (χ0v) is 20.2. The molecule has 3 rings (SSSR count). The molecule has 1 N–H and O–H groups in total. The van der Waals surface area contributed by atoms with Crippen LogP contribution < -0.4 is 9.47 Å². The standard InChI is InChI=1S/C25H26N2O9/c1-5-36-21-11-16(10-20(23(21)28)27(31)32)22-18(24(29)34-3)13-26(14-19(22)25(30)35-4)12-15-6-8-17(33-2)9-7-15/h6-11,13-14,22,28H,5,12H2,1-4H3. The molecule has 0 aromatic heterocycles. The molecule has 0 aliphatic carbocycles. The van der Waals surface area contributed by atoms with E-state index in [1.807, 2.05) is 12.1 Å². The topological polar surface area (TPSA) is 138 Å². The van der Waals surface area contributed by atoms with Gasteiger partial charge in [-0.25, -0.2) is 9.59 Å². The molecule has 1 aliphatic heterocycles. The lowest BCUT2D eigenvalue weighted by Crippen LogP contribution is -2.28. The molecule has 1 heterocycles. The first-order valence-corrected chi connectivity index (χ1v) is 10.9. The highest BCUT2D eigenvalue weighted by Crippen LogP contribution is 2.44. The van der Waals surface area contributed by atoms with Crippen molar-refractivity contribution in [3.05, 3.63) is 81.2 Å². The van der Waals surface area contributed by atoms with Gasteiger partial charge < -0.3 is 29.0 Å². The van der Waals surface area contributed by atoms with Crippen LogP contribution in [0.2, 0.25) is 0 Å². The number of aromatic hydroxyl groups is 1. The minimum absolute atomic E-state index is 0.0383. The minimum atomic E-state index is -1.09. The van der Waals surface area contributed by atoms with Gasteiger partial charge in [0, 0.05) is 25.0 Å². The van der Waals surface area contributed by atoms with Crippen molar-refractivity contribution in [3.8, 4) is 17.2 Å². The van der Waals surface area contributed by atoms with Crippen molar-refractivity contribution >= 4 is 17.6 Å². The lowest BCUT2D eigenvalue weighted by Gasteiger charge is -2.30. The maximum atomic E-state index is 12.9. The Morgan fingerprint density at radius 3 is 2.08 bits per heavy atom. The van der Waals surface area contributed by atoms with E-state index in [1.54, 1.807) is 31.1 Å². The van der Waals surface area contributed by atoms with E-state index in [0.717, 1.165) is 11.6 Å². The van der Waals surface area contributed by atoms with Gasteiger partial charge in [-0.05, 0) is 36.2 Å². The number of ether oxygens (including phenoxy) is 4. The van der Waals surface area contributed by atoms with Gasteiger partial charge in [0.1, 0.15) is 5.75 Å². The lowest BCUT2D eigenvalue weighted by atomic mass is 9.82. The van der Waals surface area contributed by atoms with Gasteiger partial charge in [-0.3, -0.25) is 10.1 Å². The van der Waals surface area contributed by atoms with E-state index in [4.69, 9.17) is 18.9 Å². The summed E-state index contributed by atoms with van der Waals surface area (Å²) < 4.78 is 20.5. The van der Waals surface area contributed by atoms with Crippen LogP contribution in [-0.2, 0) is 25.6 Å². The lowest BCUT2D eigenvalue weighted by molar-refractivity contribution is -0.386. The summed E-state index contributed by atoms with van der Waals surface area (Å²) in [5.74, 6) is -2.72. The number of hydrogen-bond acceptors (Lipinski definition) is 10. The summed E-state index contributed by atoms with van der Waals surface area (Å²) in [6.07, 6.45) is 3.01. The van der Waals surface area contributed by atoms with E-state index in [9.17, 15) is 24.8 Å². The van der Waals surface area contributed by atoms with Crippen molar-refractivity contribution in [1.29, 1.82) is 0 Å². The van der Waals surface area contributed by atoms with Gasteiger partial charge in [-0.1, -0.05) is 12.1 Å². The van der Waals surface area contributed by atoms with Crippen LogP contribution in [0, 0.1) is 10.1 Å². The minimum Gasteiger partial charge on any atom is -0.500 e. The second kappa shape index (κ2) is 11.3. The maximum Gasteiger partial charge on any atom is 0.336 e. The Bertz CT molecular complexity index is 1180. The number of benzene rings is 2. The van der Waals surface area contributed by atoms with Gasteiger partial charge in [0.05, 0.1) is 49.9 Å². The molecule has 0 bridgehead atoms. The number of nitrogens with zero attached hydrogens (tertiary/aromatic N) is 2. The molecule has 2 aromatic carbocycles. The fourth-order valence-corrected chi connectivity index (χ4v) is 3.87. The molecule has 0 fully saturated rings. The highest BCUT2D eigenvalue weighted by Gasteiger charge is 2.37. The first-order valence-electron chi connectivity index (χ1n) is 10.9. The Morgan fingerprint density at radius 2 is 1.61 bits per heavy atom. The third kappa shape index (κ3) is 5.40. The number of rotatable bonds is 9. The summed E-state index contributed by atoms with van der Waals surface area (Å²) in [5.41, 5.74) is 0.465. The molecule has 11 heteroatoms. The van der Waals surface area contributed by atoms with E-state index < -0.39 is 34.2 Å². The number of nitro groups is 1. The molecule has 0 radical (unpaired) electrons. The van der Waals surface area contributed by atoms with Gasteiger partial charge in [-0.2, -0.15) is 0 Å². The number of methoxy groups -OCH3 is 3. The van der Waals surface area contributed by atoms with E-state index in [-0.39, 0.29) is 35.6 Å².